The van der Waals surface area contributed by atoms with E-state index < -0.39 is 10.0 Å². The number of nitrogens with one attached hydrogen (secondary N) is 1. The number of rotatable bonds is 7. The molecule has 96 valence electrons. The van der Waals surface area contributed by atoms with Gasteiger partial charge < -0.3 is 10.0 Å². The molecule has 0 bridgehead atoms. The summed E-state index contributed by atoms with van der Waals surface area (Å²) in [5.74, 6) is -0.208. The minimum Gasteiger partial charge on any atom is -0.395 e. The second kappa shape index (κ2) is 6.54. The first-order chi connectivity index (χ1) is 7.55. The van der Waals surface area contributed by atoms with E-state index in [4.69, 9.17) is 5.11 Å². The first-order valence-electron chi connectivity index (χ1n) is 5.83. The minimum absolute atomic E-state index is 0.208. The Bertz CT molecular complexity index is 286. The van der Waals surface area contributed by atoms with E-state index in [1.807, 2.05) is 7.05 Å². The van der Waals surface area contributed by atoms with Crippen LogP contribution in [0.25, 0.3) is 0 Å². The van der Waals surface area contributed by atoms with Crippen LogP contribution in [0.4, 0.5) is 0 Å². The molecule has 1 rings (SSSR count). The predicted octanol–water partition coefficient (Wildman–Crippen LogP) is -0.227. The largest absolute Gasteiger partial charge is 0.395 e. The van der Waals surface area contributed by atoms with Gasteiger partial charge in [-0.25, -0.2) is 13.1 Å². The Balaban J connectivity index is 2.19. The maximum Gasteiger partial charge on any atom is 0.213 e. The van der Waals surface area contributed by atoms with Crippen LogP contribution in [-0.2, 0) is 10.0 Å². The zero-order valence-corrected chi connectivity index (χ0v) is 10.7. The van der Waals surface area contributed by atoms with E-state index in [1.165, 1.54) is 25.7 Å². The van der Waals surface area contributed by atoms with E-state index in [2.05, 4.69) is 9.62 Å². The average Bonchev–Trinajstić information content (AvgIpc) is 2.69. The van der Waals surface area contributed by atoms with Gasteiger partial charge in [0.2, 0.25) is 10.0 Å². The van der Waals surface area contributed by atoms with Gasteiger partial charge in [-0.1, -0.05) is 12.8 Å². The Morgan fingerprint density at radius 1 is 1.38 bits per heavy atom. The van der Waals surface area contributed by atoms with Crippen LogP contribution in [0.1, 0.15) is 25.7 Å². The van der Waals surface area contributed by atoms with E-state index in [0.717, 1.165) is 6.54 Å². The molecule has 0 radical (unpaired) electrons. The highest BCUT2D eigenvalue weighted by molar-refractivity contribution is 7.89. The number of hydrogen-bond acceptors (Lipinski definition) is 4. The van der Waals surface area contributed by atoms with E-state index in [-0.39, 0.29) is 12.4 Å². The van der Waals surface area contributed by atoms with Gasteiger partial charge in [0.1, 0.15) is 0 Å². The lowest BCUT2D eigenvalue weighted by Crippen LogP contribution is -2.38. The maximum atomic E-state index is 11.2. The topological polar surface area (TPSA) is 69.6 Å². The summed E-state index contributed by atoms with van der Waals surface area (Å²) in [4.78, 5) is 2.22. The lowest BCUT2D eigenvalue weighted by Gasteiger charge is -2.23. The number of sulfonamides is 1. The van der Waals surface area contributed by atoms with Crippen molar-refractivity contribution in [2.24, 2.45) is 0 Å². The Morgan fingerprint density at radius 2 is 2.00 bits per heavy atom. The van der Waals surface area contributed by atoms with Gasteiger partial charge in [-0.2, -0.15) is 0 Å². The first kappa shape index (κ1) is 13.9. The third-order valence-corrected chi connectivity index (χ3v) is 4.46. The second-order valence-electron chi connectivity index (χ2n) is 4.36. The van der Waals surface area contributed by atoms with Crippen molar-refractivity contribution in [3.05, 3.63) is 0 Å². The number of aliphatic hydroxyl groups is 1. The quantitative estimate of drug-likeness (QED) is 0.655. The van der Waals surface area contributed by atoms with Crippen molar-refractivity contribution in [1.82, 2.24) is 9.62 Å². The molecule has 0 aromatic rings. The molecule has 1 fully saturated rings. The number of likely N-dealkylation sites (N-methyl/N-ethyl adjacent to an activating group) is 1. The number of aliphatic hydroxyl groups excluding tert-OH is 1. The summed E-state index contributed by atoms with van der Waals surface area (Å²) in [5, 5.41) is 8.55. The molecule has 0 saturated heterocycles. The van der Waals surface area contributed by atoms with Crippen LogP contribution in [0.3, 0.4) is 0 Å². The van der Waals surface area contributed by atoms with Crippen LogP contribution in [0.15, 0.2) is 0 Å². The fourth-order valence-electron chi connectivity index (χ4n) is 2.10. The average molecular weight is 250 g/mol. The van der Waals surface area contributed by atoms with Crippen molar-refractivity contribution in [3.63, 3.8) is 0 Å². The summed E-state index contributed by atoms with van der Waals surface area (Å²) in [6.45, 7) is 0.832. The molecule has 2 N–H and O–H groups in total. The molecular weight excluding hydrogens is 228 g/mol. The molecule has 6 heteroatoms. The Morgan fingerprint density at radius 3 is 2.56 bits per heavy atom. The van der Waals surface area contributed by atoms with E-state index >= 15 is 0 Å². The highest BCUT2D eigenvalue weighted by Gasteiger charge is 2.19. The van der Waals surface area contributed by atoms with Crippen LogP contribution in [-0.4, -0.2) is 57.0 Å². The molecule has 1 saturated carbocycles. The van der Waals surface area contributed by atoms with Crippen molar-refractivity contribution >= 4 is 10.0 Å². The van der Waals surface area contributed by atoms with Gasteiger partial charge in [0.05, 0.1) is 12.4 Å². The summed E-state index contributed by atoms with van der Waals surface area (Å²) in [6, 6.07) is 0.613. The van der Waals surface area contributed by atoms with E-state index in [9.17, 15) is 8.42 Å². The molecule has 1 aliphatic carbocycles. The van der Waals surface area contributed by atoms with Crippen LogP contribution >= 0.6 is 0 Å². The molecule has 0 amide bonds. The molecular formula is C10H22N2O3S. The van der Waals surface area contributed by atoms with Crippen molar-refractivity contribution < 1.29 is 13.5 Å². The monoisotopic (exact) mass is 250 g/mol. The van der Waals surface area contributed by atoms with Crippen molar-refractivity contribution in [1.29, 1.82) is 0 Å². The molecule has 0 aromatic heterocycles. The molecule has 0 atom stereocenters. The maximum absolute atomic E-state index is 11.2. The standard InChI is InChI=1S/C10H22N2O3S/c1-12(10-4-2-3-5-10)7-6-11-16(14,15)9-8-13/h10-11,13H,2-9H2,1H3. The Kier molecular flexibility index (Phi) is 5.68. The highest BCUT2D eigenvalue weighted by Crippen LogP contribution is 2.21. The molecule has 0 aliphatic heterocycles. The van der Waals surface area contributed by atoms with Crippen LogP contribution < -0.4 is 4.72 Å². The Labute approximate surface area is 97.9 Å². The smallest absolute Gasteiger partial charge is 0.213 e. The summed E-state index contributed by atoms with van der Waals surface area (Å²) in [7, 11) is -1.24. The fraction of sp³-hybridized carbons (Fsp3) is 1.00. The third-order valence-electron chi connectivity index (χ3n) is 3.09. The van der Waals surface area contributed by atoms with Gasteiger partial charge in [-0.3, -0.25) is 0 Å². The number of nitrogens with zero attached hydrogens (tertiary/aromatic N) is 1. The fourth-order valence-corrected chi connectivity index (χ4v) is 2.88. The minimum atomic E-state index is -3.28. The molecule has 5 nitrogen and oxygen atoms in total. The molecule has 0 aromatic carbocycles. The van der Waals surface area contributed by atoms with E-state index in [1.54, 1.807) is 0 Å². The molecule has 16 heavy (non-hydrogen) atoms. The van der Waals surface area contributed by atoms with Gasteiger partial charge in [0.25, 0.3) is 0 Å². The molecule has 0 spiro atoms. The predicted molar refractivity (Wildman–Crippen MR) is 63.8 cm³/mol. The van der Waals surface area contributed by atoms with Crippen LogP contribution in [0.5, 0.6) is 0 Å². The molecule has 0 unspecified atom stereocenters. The van der Waals surface area contributed by atoms with Crippen molar-refractivity contribution in [2.75, 3.05) is 32.5 Å². The van der Waals surface area contributed by atoms with Crippen LogP contribution in [0, 0.1) is 0 Å². The van der Waals surface area contributed by atoms with Crippen molar-refractivity contribution in [2.45, 2.75) is 31.7 Å². The normalized spacial score (nSPS) is 18.4. The number of hydrogen-bond donors (Lipinski definition) is 2. The molecule has 0 heterocycles. The molecule has 1 aliphatic rings. The van der Waals surface area contributed by atoms with Crippen LogP contribution in [0.2, 0.25) is 0 Å². The summed E-state index contributed by atoms with van der Waals surface area (Å²) >= 11 is 0. The van der Waals surface area contributed by atoms with Gasteiger partial charge in [-0.15, -0.1) is 0 Å². The summed E-state index contributed by atoms with van der Waals surface area (Å²) in [5.41, 5.74) is 0. The SMILES string of the molecule is CN(CCNS(=O)(=O)CCO)C1CCCC1. The lowest BCUT2D eigenvalue weighted by molar-refractivity contribution is 0.249. The van der Waals surface area contributed by atoms with Gasteiger partial charge in [0.15, 0.2) is 0 Å². The zero-order valence-electron chi connectivity index (χ0n) is 9.85. The van der Waals surface area contributed by atoms with Gasteiger partial charge >= 0.3 is 0 Å². The highest BCUT2D eigenvalue weighted by atomic mass is 32.2. The summed E-state index contributed by atoms with van der Waals surface area (Å²) < 4.78 is 25.0. The van der Waals surface area contributed by atoms with Gasteiger partial charge in [-0.05, 0) is 19.9 Å². The Hall–Kier alpha value is -0.170. The first-order valence-corrected chi connectivity index (χ1v) is 7.49. The summed E-state index contributed by atoms with van der Waals surface area (Å²) in [6.07, 6.45) is 5.01. The zero-order chi connectivity index (χ0) is 12.0. The van der Waals surface area contributed by atoms with Gasteiger partial charge in [0, 0.05) is 19.1 Å². The third kappa shape index (κ3) is 4.78. The second-order valence-corrected chi connectivity index (χ2v) is 6.28. The van der Waals surface area contributed by atoms with Crippen molar-refractivity contribution in [3.8, 4) is 0 Å². The van der Waals surface area contributed by atoms with E-state index in [0.29, 0.717) is 12.6 Å². The lowest BCUT2D eigenvalue weighted by atomic mass is 10.2.